The first-order valence-electron chi connectivity index (χ1n) is 7.80. The molecule has 1 aromatic rings. The number of hydrogen-bond donors (Lipinski definition) is 1. The van der Waals surface area contributed by atoms with Crippen molar-refractivity contribution in [1.29, 1.82) is 0 Å². The van der Waals surface area contributed by atoms with Crippen LogP contribution >= 0.6 is 0 Å². The molecule has 0 amide bonds. The number of ether oxygens (including phenoxy) is 2. The van der Waals surface area contributed by atoms with E-state index in [0.717, 1.165) is 30.4 Å². The second kappa shape index (κ2) is 5.65. The smallest absolute Gasteiger partial charge is 0.161 e. The molecule has 1 unspecified atom stereocenters. The fourth-order valence-electron chi connectivity index (χ4n) is 3.64. The zero-order valence-electron chi connectivity index (χ0n) is 12.6. The van der Waals surface area contributed by atoms with Gasteiger partial charge in [0.15, 0.2) is 11.5 Å². The van der Waals surface area contributed by atoms with Crippen LogP contribution in [0.25, 0.3) is 0 Å². The summed E-state index contributed by atoms with van der Waals surface area (Å²) in [4.78, 5) is 0. The molecule has 3 rings (SSSR count). The van der Waals surface area contributed by atoms with E-state index in [0.29, 0.717) is 13.2 Å². The monoisotopic (exact) mass is 275 g/mol. The molecule has 0 bridgehead atoms. The van der Waals surface area contributed by atoms with Crippen LogP contribution in [0.4, 0.5) is 0 Å². The van der Waals surface area contributed by atoms with Crippen molar-refractivity contribution < 1.29 is 9.47 Å². The summed E-state index contributed by atoms with van der Waals surface area (Å²) in [7, 11) is 0. The highest BCUT2D eigenvalue weighted by atomic mass is 16.6. The molecule has 0 saturated carbocycles. The zero-order valence-corrected chi connectivity index (χ0v) is 12.6. The lowest BCUT2D eigenvalue weighted by molar-refractivity contribution is 0.171. The molecular formula is C17H25NO2. The molecule has 1 N–H and O–H groups in total. The van der Waals surface area contributed by atoms with Gasteiger partial charge < -0.3 is 14.8 Å². The minimum absolute atomic E-state index is 0.276. The fourth-order valence-corrected chi connectivity index (χ4v) is 3.64. The van der Waals surface area contributed by atoms with Crippen molar-refractivity contribution in [3.05, 3.63) is 23.8 Å². The molecule has 2 heterocycles. The van der Waals surface area contributed by atoms with E-state index in [1.807, 2.05) is 0 Å². The molecule has 110 valence electrons. The molecule has 0 spiro atoms. The van der Waals surface area contributed by atoms with Crippen molar-refractivity contribution >= 4 is 0 Å². The largest absolute Gasteiger partial charge is 0.486 e. The normalized spacial score (nSPS) is 25.1. The molecule has 2 aliphatic rings. The Labute approximate surface area is 121 Å². The quantitative estimate of drug-likeness (QED) is 0.915. The number of fused-ring (bicyclic) bond motifs is 1. The molecule has 3 nitrogen and oxygen atoms in total. The van der Waals surface area contributed by atoms with Crippen LogP contribution in [0.2, 0.25) is 0 Å². The van der Waals surface area contributed by atoms with E-state index in [9.17, 15) is 0 Å². The van der Waals surface area contributed by atoms with Crippen LogP contribution < -0.4 is 14.8 Å². The Morgan fingerprint density at radius 3 is 2.70 bits per heavy atom. The SMILES string of the molecule is CC(C)CC1(Cc2ccc3c(c2)OCCO3)CCCN1. The molecule has 3 heteroatoms. The van der Waals surface area contributed by atoms with E-state index in [1.54, 1.807) is 0 Å². The lowest BCUT2D eigenvalue weighted by atomic mass is 9.82. The number of rotatable bonds is 4. The van der Waals surface area contributed by atoms with Gasteiger partial charge >= 0.3 is 0 Å². The third kappa shape index (κ3) is 2.93. The van der Waals surface area contributed by atoms with Gasteiger partial charge in [0.25, 0.3) is 0 Å². The zero-order chi connectivity index (χ0) is 14.0. The fraction of sp³-hybridized carbons (Fsp3) is 0.647. The van der Waals surface area contributed by atoms with Gasteiger partial charge in [-0.1, -0.05) is 19.9 Å². The Bertz CT molecular complexity index is 464. The lowest BCUT2D eigenvalue weighted by Crippen LogP contribution is -2.43. The first kappa shape index (κ1) is 13.7. The Morgan fingerprint density at radius 1 is 1.20 bits per heavy atom. The summed E-state index contributed by atoms with van der Waals surface area (Å²) in [6.45, 7) is 7.09. The summed E-state index contributed by atoms with van der Waals surface area (Å²) in [5.74, 6) is 2.52. The van der Waals surface area contributed by atoms with E-state index in [2.05, 4.69) is 37.4 Å². The van der Waals surface area contributed by atoms with Crippen molar-refractivity contribution in [1.82, 2.24) is 5.32 Å². The molecule has 1 fully saturated rings. The molecule has 2 aliphatic heterocycles. The van der Waals surface area contributed by atoms with E-state index >= 15 is 0 Å². The van der Waals surface area contributed by atoms with Gasteiger partial charge in [0.05, 0.1) is 0 Å². The minimum Gasteiger partial charge on any atom is -0.486 e. The van der Waals surface area contributed by atoms with Gasteiger partial charge in [0.1, 0.15) is 13.2 Å². The highest BCUT2D eigenvalue weighted by Crippen LogP contribution is 2.35. The van der Waals surface area contributed by atoms with E-state index < -0.39 is 0 Å². The topological polar surface area (TPSA) is 30.5 Å². The van der Waals surface area contributed by atoms with Crippen LogP contribution in [-0.4, -0.2) is 25.3 Å². The highest BCUT2D eigenvalue weighted by molar-refractivity contribution is 5.44. The third-order valence-corrected chi connectivity index (χ3v) is 4.28. The lowest BCUT2D eigenvalue weighted by Gasteiger charge is -2.32. The van der Waals surface area contributed by atoms with Crippen molar-refractivity contribution in [3.8, 4) is 11.5 Å². The highest BCUT2D eigenvalue weighted by Gasteiger charge is 2.34. The molecule has 0 aliphatic carbocycles. The van der Waals surface area contributed by atoms with Gasteiger partial charge in [-0.15, -0.1) is 0 Å². The van der Waals surface area contributed by atoms with E-state index in [4.69, 9.17) is 9.47 Å². The first-order chi connectivity index (χ1) is 9.67. The molecule has 1 atom stereocenters. The number of benzene rings is 1. The molecule has 0 radical (unpaired) electrons. The number of nitrogens with one attached hydrogen (secondary N) is 1. The van der Waals surface area contributed by atoms with Crippen LogP contribution in [-0.2, 0) is 6.42 Å². The van der Waals surface area contributed by atoms with E-state index in [-0.39, 0.29) is 5.54 Å². The summed E-state index contributed by atoms with van der Waals surface area (Å²) in [5.41, 5.74) is 1.63. The summed E-state index contributed by atoms with van der Waals surface area (Å²) in [6.07, 6.45) is 4.89. The summed E-state index contributed by atoms with van der Waals surface area (Å²) in [5, 5.41) is 3.76. The second-order valence-electron chi connectivity index (χ2n) is 6.56. The van der Waals surface area contributed by atoms with Gasteiger partial charge in [-0.3, -0.25) is 0 Å². The average Bonchev–Trinajstić information content (AvgIpc) is 2.86. The van der Waals surface area contributed by atoms with Crippen LogP contribution in [0.5, 0.6) is 11.5 Å². The minimum atomic E-state index is 0.276. The molecule has 0 aromatic heterocycles. The van der Waals surface area contributed by atoms with Gasteiger partial charge in [-0.05, 0) is 55.8 Å². The maximum absolute atomic E-state index is 5.70. The predicted octanol–water partition coefficient (Wildman–Crippen LogP) is 3.17. The Morgan fingerprint density at radius 2 is 2.00 bits per heavy atom. The maximum atomic E-state index is 5.70. The van der Waals surface area contributed by atoms with Crippen LogP contribution in [0.3, 0.4) is 0 Å². The molecule has 1 aromatic carbocycles. The summed E-state index contributed by atoms with van der Waals surface area (Å²) < 4.78 is 11.3. The third-order valence-electron chi connectivity index (χ3n) is 4.28. The van der Waals surface area contributed by atoms with Gasteiger partial charge in [-0.2, -0.15) is 0 Å². The van der Waals surface area contributed by atoms with Gasteiger partial charge in [-0.25, -0.2) is 0 Å². The van der Waals surface area contributed by atoms with Gasteiger partial charge in [0, 0.05) is 5.54 Å². The summed E-state index contributed by atoms with van der Waals surface area (Å²) >= 11 is 0. The van der Waals surface area contributed by atoms with E-state index in [1.165, 1.54) is 24.8 Å². The van der Waals surface area contributed by atoms with Gasteiger partial charge in [0.2, 0.25) is 0 Å². The van der Waals surface area contributed by atoms with Crippen LogP contribution in [0, 0.1) is 5.92 Å². The Hall–Kier alpha value is -1.22. The average molecular weight is 275 g/mol. The number of hydrogen-bond acceptors (Lipinski definition) is 3. The second-order valence-corrected chi connectivity index (χ2v) is 6.56. The van der Waals surface area contributed by atoms with Crippen molar-refractivity contribution in [2.45, 2.75) is 45.1 Å². The van der Waals surface area contributed by atoms with Crippen molar-refractivity contribution in [2.24, 2.45) is 5.92 Å². The van der Waals surface area contributed by atoms with Crippen molar-refractivity contribution in [3.63, 3.8) is 0 Å². The Kier molecular flexibility index (Phi) is 3.88. The summed E-state index contributed by atoms with van der Waals surface area (Å²) in [6, 6.07) is 6.41. The predicted molar refractivity (Wildman–Crippen MR) is 80.6 cm³/mol. The molecule has 20 heavy (non-hydrogen) atoms. The first-order valence-corrected chi connectivity index (χ1v) is 7.80. The van der Waals surface area contributed by atoms with Crippen LogP contribution in [0.15, 0.2) is 18.2 Å². The maximum Gasteiger partial charge on any atom is 0.161 e. The van der Waals surface area contributed by atoms with Crippen LogP contribution in [0.1, 0.15) is 38.7 Å². The Balaban J connectivity index is 1.78. The molecule has 1 saturated heterocycles. The van der Waals surface area contributed by atoms with Crippen molar-refractivity contribution in [2.75, 3.05) is 19.8 Å². The standard InChI is InChI=1S/C17H25NO2/c1-13(2)11-17(6-3-7-18-17)12-14-4-5-15-16(10-14)20-9-8-19-15/h4-5,10,13,18H,3,6-9,11-12H2,1-2H3. The molecular weight excluding hydrogens is 250 g/mol.